The summed E-state index contributed by atoms with van der Waals surface area (Å²) in [7, 11) is 4.00. The lowest BCUT2D eigenvalue weighted by atomic mass is 10.2. The molecule has 7 heteroatoms. The minimum absolute atomic E-state index is 0. The molecule has 2 heterocycles. The minimum Gasteiger partial charge on any atom is -0.356 e. The average molecular weight is 465 g/mol. The minimum atomic E-state index is 0. The standard InChI is InChI=1S/C17H31N5S.HI/c1-5-15-12-20-16(23-15)9-10-19-17(18-3)21(4)13-14-8-7-11-22(14)6-2;/h12,14H,5-11,13H2,1-4H3,(H,18,19);1H. The molecule has 0 radical (unpaired) electrons. The third-order valence-corrected chi connectivity index (χ3v) is 5.74. The number of likely N-dealkylation sites (N-methyl/N-ethyl adjacent to an activating group) is 2. The Morgan fingerprint density at radius 2 is 2.29 bits per heavy atom. The zero-order valence-corrected chi connectivity index (χ0v) is 18.6. The van der Waals surface area contributed by atoms with Crippen LogP contribution >= 0.6 is 35.3 Å². The fourth-order valence-corrected chi connectivity index (χ4v) is 4.08. The third kappa shape index (κ3) is 6.15. The molecule has 5 nitrogen and oxygen atoms in total. The first-order valence-corrected chi connectivity index (χ1v) is 9.59. The lowest BCUT2D eigenvalue weighted by Crippen LogP contribution is -2.46. The number of aryl methyl sites for hydroxylation is 1. The number of likely N-dealkylation sites (tertiary alicyclic amines) is 1. The van der Waals surface area contributed by atoms with Crippen LogP contribution in [0, 0.1) is 0 Å². The van der Waals surface area contributed by atoms with Crippen LogP contribution in [0.15, 0.2) is 11.2 Å². The first kappa shape index (κ1) is 21.6. The topological polar surface area (TPSA) is 43.8 Å². The molecule has 1 aromatic heterocycles. The number of hydrogen-bond donors (Lipinski definition) is 1. The highest BCUT2D eigenvalue weighted by molar-refractivity contribution is 14.0. The van der Waals surface area contributed by atoms with Gasteiger partial charge < -0.3 is 10.2 Å². The van der Waals surface area contributed by atoms with Gasteiger partial charge in [0.05, 0.1) is 5.01 Å². The molecule has 1 fully saturated rings. The summed E-state index contributed by atoms with van der Waals surface area (Å²) >= 11 is 1.82. The number of thiazole rings is 1. The second-order valence-electron chi connectivity index (χ2n) is 6.10. The Hall–Kier alpha value is -0.410. The number of nitrogens with one attached hydrogen (secondary N) is 1. The van der Waals surface area contributed by atoms with E-state index in [9.17, 15) is 0 Å². The number of aliphatic imine (C=N–C) groups is 1. The first-order chi connectivity index (χ1) is 11.2. The van der Waals surface area contributed by atoms with E-state index in [0.717, 1.165) is 38.4 Å². The highest BCUT2D eigenvalue weighted by atomic mass is 127. The number of guanidine groups is 1. The van der Waals surface area contributed by atoms with E-state index in [1.165, 1.54) is 29.3 Å². The van der Waals surface area contributed by atoms with Crippen molar-refractivity contribution in [2.45, 2.75) is 45.6 Å². The summed E-state index contributed by atoms with van der Waals surface area (Å²) in [5, 5.41) is 4.68. The van der Waals surface area contributed by atoms with Crippen molar-refractivity contribution in [3.63, 3.8) is 0 Å². The molecule has 2 rings (SSSR count). The zero-order chi connectivity index (χ0) is 16.7. The van der Waals surface area contributed by atoms with Gasteiger partial charge in [-0.25, -0.2) is 4.98 Å². The first-order valence-electron chi connectivity index (χ1n) is 8.77. The Kier molecular flexibility index (Phi) is 10.1. The van der Waals surface area contributed by atoms with E-state index in [-0.39, 0.29) is 24.0 Å². The second kappa shape index (κ2) is 11.3. The molecule has 1 aliphatic rings. The van der Waals surface area contributed by atoms with Gasteiger partial charge in [-0.1, -0.05) is 13.8 Å². The molecule has 1 aliphatic heterocycles. The number of aromatic nitrogens is 1. The number of hydrogen-bond acceptors (Lipinski definition) is 4. The number of rotatable bonds is 7. The summed E-state index contributed by atoms with van der Waals surface area (Å²) < 4.78 is 0. The van der Waals surface area contributed by atoms with Crippen molar-refractivity contribution in [3.8, 4) is 0 Å². The molecule has 1 unspecified atom stereocenters. The van der Waals surface area contributed by atoms with Crippen LogP contribution in [-0.4, -0.2) is 67.1 Å². The van der Waals surface area contributed by atoms with E-state index in [1.54, 1.807) is 0 Å². The molecule has 1 atom stereocenters. The van der Waals surface area contributed by atoms with Gasteiger partial charge in [0.2, 0.25) is 0 Å². The molecule has 138 valence electrons. The molecule has 1 N–H and O–H groups in total. The van der Waals surface area contributed by atoms with Gasteiger partial charge in [0.15, 0.2) is 5.96 Å². The fraction of sp³-hybridized carbons (Fsp3) is 0.765. The van der Waals surface area contributed by atoms with E-state index >= 15 is 0 Å². The van der Waals surface area contributed by atoms with Crippen LogP contribution in [0.4, 0.5) is 0 Å². The van der Waals surface area contributed by atoms with Gasteiger partial charge in [-0.05, 0) is 32.4 Å². The molecular formula is C17H32IN5S. The summed E-state index contributed by atoms with van der Waals surface area (Å²) in [4.78, 5) is 15.1. The molecule has 0 spiro atoms. The van der Waals surface area contributed by atoms with E-state index in [4.69, 9.17) is 0 Å². The van der Waals surface area contributed by atoms with Crippen molar-refractivity contribution in [2.75, 3.05) is 40.3 Å². The molecule has 1 saturated heterocycles. The summed E-state index contributed by atoms with van der Waals surface area (Å²) in [5.41, 5.74) is 0. The maximum absolute atomic E-state index is 4.48. The van der Waals surface area contributed by atoms with E-state index < -0.39 is 0 Å². The van der Waals surface area contributed by atoms with Crippen LogP contribution in [0.5, 0.6) is 0 Å². The smallest absolute Gasteiger partial charge is 0.193 e. The lowest BCUT2D eigenvalue weighted by Gasteiger charge is -2.29. The van der Waals surface area contributed by atoms with Crippen molar-refractivity contribution >= 4 is 41.3 Å². The van der Waals surface area contributed by atoms with E-state index in [0.29, 0.717) is 6.04 Å². The molecule has 0 aliphatic carbocycles. The monoisotopic (exact) mass is 465 g/mol. The van der Waals surface area contributed by atoms with Gasteiger partial charge in [0, 0.05) is 50.7 Å². The van der Waals surface area contributed by atoms with Crippen LogP contribution in [0.25, 0.3) is 0 Å². The summed E-state index contributed by atoms with van der Waals surface area (Å²) in [6.07, 6.45) is 6.66. The van der Waals surface area contributed by atoms with E-state index in [2.05, 4.69) is 46.0 Å². The third-order valence-electron chi connectivity index (χ3n) is 4.54. The van der Waals surface area contributed by atoms with Gasteiger partial charge in [0.25, 0.3) is 0 Å². The van der Waals surface area contributed by atoms with Crippen LogP contribution < -0.4 is 5.32 Å². The Balaban J connectivity index is 0.00000288. The van der Waals surface area contributed by atoms with Crippen LogP contribution in [0.2, 0.25) is 0 Å². The summed E-state index contributed by atoms with van der Waals surface area (Å²) in [5.74, 6) is 0.986. The van der Waals surface area contributed by atoms with E-state index in [1.807, 2.05) is 24.6 Å². The van der Waals surface area contributed by atoms with Crippen molar-refractivity contribution in [1.29, 1.82) is 0 Å². The van der Waals surface area contributed by atoms with Crippen LogP contribution in [-0.2, 0) is 12.8 Å². The maximum atomic E-state index is 4.48. The van der Waals surface area contributed by atoms with Gasteiger partial charge in [-0.3, -0.25) is 9.89 Å². The summed E-state index contributed by atoms with van der Waals surface area (Å²) in [6, 6.07) is 0.662. The highest BCUT2D eigenvalue weighted by Crippen LogP contribution is 2.17. The van der Waals surface area contributed by atoms with Crippen molar-refractivity contribution in [1.82, 2.24) is 20.1 Å². The zero-order valence-electron chi connectivity index (χ0n) is 15.4. The number of halogens is 1. The summed E-state index contributed by atoms with van der Waals surface area (Å²) in [6.45, 7) is 8.75. The average Bonchev–Trinajstić information content (AvgIpc) is 3.20. The van der Waals surface area contributed by atoms with Gasteiger partial charge >= 0.3 is 0 Å². The molecule has 0 amide bonds. The molecule has 0 bridgehead atoms. The second-order valence-corrected chi connectivity index (χ2v) is 7.30. The van der Waals surface area contributed by atoms with Crippen molar-refractivity contribution in [2.24, 2.45) is 4.99 Å². The van der Waals surface area contributed by atoms with Gasteiger partial charge in [0.1, 0.15) is 0 Å². The number of nitrogens with zero attached hydrogens (tertiary/aromatic N) is 4. The predicted octanol–water partition coefficient (Wildman–Crippen LogP) is 2.86. The SMILES string of the molecule is CCc1cnc(CCNC(=NC)N(C)CC2CCCN2CC)s1.I. The lowest BCUT2D eigenvalue weighted by molar-refractivity contribution is 0.233. The maximum Gasteiger partial charge on any atom is 0.193 e. The largest absolute Gasteiger partial charge is 0.356 e. The Morgan fingerprint density at radius 1 is 1.50 bits per heavy atom. The van der Waals surface area contributed by atoms with Crippen molar-refractivity contribution < 1.29 is 0 Å². The van der Waals surface area contributed by atoms with Gasteiger partial charge in [-0.2, -0.15) is 0 Å². The Morgan fingerprint density at radius 3 is 2.92 bits per heavy atom. The fourth-order valence-electron chi connectivity index (χ4n) is 3.21. The van der Waals surface area contributed by atoms with Crippen LogP contribution in [0.1, 0.15) is 36.6 Å². The predicted molar refractivity (Wildman–Crippen MR) is 115 cm³/mol. The molecule has 24 heavy (non-hydrogen) atoms. The Labute approximate surface area is 168 Å². The molecule has 0 saturated carbocycles. The molecule has 0 aromatic carbocycles. The van der Waals surface area contributed by atoms with Gasteiger partial charge in [-0.15, -0.1) is 35.3 Å². The molecular weight excluding hydrogens is 433 g/mol. The highest BCUT2D eigenvalue weighted by Gasteiger charge is 2.24. The Bertz CT molecular complexity index is 505. The van der Waals surface area contributed by atoms with Crippen LogP contribution in [0.3, 0.4) is 0 Å². The normalized spacial score (nSPS) is 18.5. The quantitative estimate of drug-likeness (QED) is 0.382. The molecule has 1 aromatic rings. The van der Waals surface area contributed by atoms with Crippen molar-refractivity contribution in [3.05, 3.63) is 16.1 Å².